The third-order valence-electron chi connectivity index (χ3n) is 6.86. The molecule has 0 unspecified atom stereocenters. The fourth-order valence-electron chi connectivity index (χ4n) is 5.36. The molecule has 0 fully saturated rings. The van der Waals surface area contributed by atoms with Gasteiger partial charge in [0.25, 0.3) is 0 Å². The molecule has 3 rings (SSSR count). The Morgan fingerprint density at radius 1 is 0.816 bits per heavy atom. The van der Waals surface area contributed by atoms with Gasteiger partial charge in [-0.15, -0.1) is 0 Å². The fraction of sp³-hybridized carbons (Fsp3) is 0.562. The molecule has 0 aliphatic heterocycles. The minimum atomic E-state index is -4.62. The Kier molecular flexibility index (Phi) is 9.83. The summed E-state index contributed by atoms with van der Waals surface area (Å²) >= 11 is 0. The lowest BCUT2D eigenvalue weighted by atomic mass is 9.72. The Morgan fingerprint density at radius 3 is 2.18 bits per heavy atom. The van der Waals surface area contributed by atoms with Crippen LogP contribution in [-0.2, 0) is 18.0 Å². The minimum Gasteiger partial charge on any atom is -0.493 e. The van der Waals surface area contributed by atoms with Gasteiger partial charge in [0.1, 0.15) is 5.75 Å². The summed E-state index contributed by atoms with van der Waals surface area (Å²) in [6, 6.07) is 13.1. The van der Waals surface area contributed by atoms with Gasteiger partial charge >= 0.3 is 6.18 Å². The lowest BCUT2D eigenvalue weighted by molar-refractivity contribution is -0.144. The molecular weight excluding hydrogens is 485 g/mol. The number of unbranched alkanes of at least 4 members (excludes halogenated alkanes) is 5. The van der Waals surface area contributed by atoms with Crippen LogP contribution in [0.3, 0.4) is 0 Å². The van der Waals surface area contributed by atoms with Crippen LogP contribution in [0, 0.1) is 5.41 Å². The van der Waals surface area contributed by atoms with Gasteiger partial charge in [-0.1, -0.05) is 104 Å². The Bertz CT molecular complexity index is 1200. The molecule has 38 heavy (non-hydrogen) atoms. The first-order valence-corrected chi connectivity index (χ1v) is 13.9. The maximum atomic E-state index is 13.7. The highest BCUT2D eigenvalue weighted by Gasteiger charge is 2.35. The highest BCUT2D eigenvalue weighted by Crippen LogP contribution is 2.38. The topological polar surface area (TPSA) is 35.0 Å². The summed E-state index contributed by atoms with van der Waals surface area (Å²) in [5.74, 6) is -0.393. The van der Waals surface area contributed by atoms with Crippen molar-refractivity contribution < 1.29 is 17.9 Å². The largest absolute Gasteiger partial charge is 0.493 e. The van der Waals surface area contributed by atoms with E-state index in [1.165, 1.54) is 25.7 Å². The summed E-state index contributed by atoms with van der Waals surface area (Å²) in [4.78, 5) is 7.80. The molecule has 0 spiro atoms. The molecule has 3 nitrogen and oxygen atoms in total. The molecular formula is C32H43F3N2O. The van der Waals surface area contributed by atoms with Crippen molar-refractivity contribution in [2.24, 2.45) is 5.41 Å². The van der Waals surface area contributed by atoms with E-state index >= 15 is 0 Å². The molecule has 1 aromatic heterocycles. The molecule has 0 saturated heterocycles. The Balaban J connectivity index is 1.97. The Hall–Kier alpha value is -2.63. The number of para-hydroxylation sites is 1. The second kappa shape index (κ2) is 12.5. The SMILES string of the molecule is CCCCCCCCOc1ccc(C(C)(C)CC(C)(C)C)cc1Cc1nc(C(F)(F)F)nc2ccccc12. The van der Waals surface area contributed by atoms with Crippen LogP contribution in [0.1, 0.15) is 109 Å². The van der Waals surface area contributed by atoms with Crippen molar-refractivity contribution in [3.63, 3.8) is 0 Å². The predicted molar refractivity (Wildman–Crippen MR) is 150 cm³/mol. The van der Waals surface area contributed by atoms with E-state index in [9.17, 15) is 13.2 Å². The predicted octanol–water partition coefficient (Wildman–Crippen LogP) is 9.69. The summed E-state index contributed by atoms with van der Waals surface area (Å²) in [7, 11) is 0. The van der Waals surface area contributed by atoms with Crippen LogP contribution in [0.2, 0.25) is 0 Å². The average molecular weight is 529 g/mol. The van der Waals surface area contributed by atoms with Crippen molar-refractivity contribution in [1.29, 1.82) is 0 Å². The highest BCUT2D eigenvalue weighted by atomic mass is 19.4. The standard InChI is InChI=1S/C32H43F3N2O/c1-7-8-9-10-11-14-19-38-28-18-17-24(31(5,6)22-30(2,3)4)20-23(28)21-27-25-15-12-13-16-26(25)36-29(37-27)32(33,34)35/h12-13,15-18,20H,7-11,14,19,21-22H2,1-6H3. The summed E-state index contributed by atoms with van der Waals surface area (Å²) < 4.78 is 47.2. The van der Waals surface area contributed by atoms with Gasteiger partial charge in [-0.3, -0.25) is 0 Å². The summed E-state index contributed by atoms with van der Waals surface area (Å²) in [6.07, 6.45) is 3.54. The highest BCUT2D eigenvalue weighted by molar-refractivity contribution is 5.81. The van der Waals surface area contributed by atoms with Crippen LogP contribution in [-0.4, -0.2) is 16.6 Å². The van der Waals surface area contributed by atoms with Gasteiger partial charge in [-0.2, -0.15) is 13.2 Å². The molecule has 3 aromatic rings. The van der Waals surface area contributed by atoms with Crippen LogP contribution >= 0.6 is 0 Å². The zero-order valence-electron chi connectivity index (χ0n) is 23.8. The third kappa shape index (κ3) is 8.44. The van der Waals surface area contributed by atoms with E-state index in [0.717, 1.165) is 30.4 Å². The minimum absolute atomic E-state index is 0.115. The molecule has 0 radical (unpaired) electrons. The summed E-state index contributed by atoms with van der Waals surface area (Å²) in [6.45, 7) is 13.9. The van der Waals surface area contributed by atoms with Crippen molar-refractivity contribution in [3.05, 3.63) is 65.1 Å². The van der Waals surface area contributed by atoms with Crippen molar-refractivity contribution in [3.8, 4) is 5.75 Å². The van der Waals surface area contributed by atoms with E-state index in [1.807, 2.05) is 6.07 Å². The maximum absolute atomic E-state index is 13.7. The Labute approximate surface area is 226 Å². The molecule has 2 aromatic carbocycles. The van der Waals surface area contributed by atoms with E-state index in [-0.39, 0.29) is 17.3 Å². The maximum Gasteiger partial charge on any atom is 0.451 e. The molecule has 0 atom stereocenters. The second-order valence-corrected chi connectivity index (χ2v) is 12.2. The number of hydrogen-bond acceptors (Lipinski definition) is 3. The van der Waals surface area contributed by atoms with Crippen LogP contribution in [0.4, 0.5) is 13.2 Å². The lowest BCUT2D eigenvalue weighted by Gasteiger charge is -2.33. The van der Waals surface area contributed by atoms with Gasteiger partial charge in [0.05, 0.1) is 17.8 Å². The molecule has 1 heterocycles. The molecule has 208 valence electrons. The van der Waals surface area contributed by atoms with Crippen LogP contribution in [0.5, 0.6) is 5.75 Å². The molecule has 0 aliphatic carbocycles. The molecule has 0 bridgehead atoms. The number of halogens is 3. The van der Waals surface area contributed by atoms with Gasteiger partial charge in [0, 0.05) is 17.4 Å². The van der Waals surface area contributed by atoms with Gasteiger partial charge in [-0.25, -0.2) is 9.97 Å². The summed E-state index contributed by atoms with van der Waals surface area (Å²) in [5, 5.41) is 0.627. The number of aromatic nitrogens is 2. The van der Waals surface area contributed by atoms with Crippen molar-refractivity contribution >= 4 is 10.9 Å². The first-order chi connectivity index (χ1) is 17.8. The molecule has 0 saturated carbocycles. The third-order valence-corrected chi connectivity index (χ3v) is 6.86. The smallest absolute Gasteiger partial charge is 0.451 e. The number of ether oxygens (including phenoxy) is 1. The molecule has 0 amide bonds. The molecule has 0 aliphatic rings. The first-order valence-electron chi connectivity index (χ1n) is 13.9. The number of fused-ring (bicyclic) bond motifs is 1. The van der Waals surface area contributed by atoms with Gasteiger partial charge < -0.3 is 4.74 Å². The molecule has 0 N–H and O–H groups in total. The van der Waals surface area contributed by atoms with Gasteiger partial charge in [-0.05, 0) is 41.4 Å². The van der Waals surface area contributed by atoms with E-state index < -0.39 is 12.0 Å². The van der Waals surface area contributed by atoms with Crippen LogP contribution in [0.25, 0.3) is 10.9 Å². The van der Waals surface area contributed by atoms with E-state index in [0.29, 0.717) is 29.0 Å². The van der Waals surface area contributed by atoms with Crippen molar-refractivity contribution in [2.45, 2.75) is 105 Å². The van der Waals surface area contributed by atoms with Gasteiger partial charge in [0.15, 0.2) is 0 Å². The average Bonchev–Trinajstić information content (AvgIpc) is 2.82. The number of hydrogen-bond donors (Lipinski definition) is 0. The first kappa shape index (κ1) is 29.9. The van der Waals surface area contributed by atoms with E-state index in [4.69, 9.17) is 4.74 Å². The van der Waals surface area contributed by atoms with E-state index in [1.54, 1.807) is 24.3 Å². The fourth-order valence-corrected chi connectivity index (χ4v) is 5.36. The number of rotatable bonds is 12. The quantitative estimate of drug-likeness (QED) is 0.220. The number of alkyl halides is 3. The van der Waals surface area contributed by atoms with E-state index in [2.05, 4.69) is 63.6 Å². The van der Waals surface area contributed by atoms with Crippen molar-refractivity contribution in [1.82, 2.24) is 9.97 Å². The lowest BCUT2D eigenvalue weighted by Crippen LogP contribution is -2.25. The monoisotopic (exact) mass is 528 g/mol. The number of nitrogens with zero attached hydrogens (tertiary/aromatic N) is 2. The van der Waals surface area contributed by atoms with Crippen LogP contribution < -0.4 is 4.74 Å². The zero-order chi connectivity index (χ0) is 28.0. The van der Waals surface area contributed by atoms with Crippen molar-refractivity contribution in [2.75, 3.05) is 6.61 Å². The van der Waals surface area contributed by atoms with Crippen LogP contribution in [0.15, 0.2) is 42.5 Å². The second-order valence-electron chi connectivity index (χ2n) is 12.2. The normalized spacial score (nSPS) is 12.8. The number of benzene rings is 2. The molecule has 6 heteroatoms. The van der Waals surface area contributed by atoms with Gasteiger partial charge in [0.2, 0.25) is 5.82 Å². The zero-order valence-corrected chi connectivity index (χ0v) is 23.8. The summed E-state index contributed by atoms with van der Waals surface area (Å²) in [5.41, 5.74) is 2.66. The Morgan fingerprint density at radius 2 is 1.50 bits per heavy atom.